The fourth-order valence-electron chi connectivity index (χ4n) is 0.956. The molecule has 1 aromatic heterocycles. The van der Waals surface area contributed by atoms with E-state index in [0.29, 0.717) is 0 Å². The first-order valence-electron chi connectivity index (χ1n) is 4.38. The topological polar surface area (TPSA) is 37.8 Å². The van der Waals surface area contributed by atoms with Crippen molar-refractivity contribution in [3.05, 3.63) is 24.3 Å². The first-order valence-corrected chi connectivity index (χ1v) is 4.38. The number of nitrogens with zero attached hydrogens (tertiary/aromatic N) is 2. The molecule has 1 rings (SSSR count). The first kappa shape index (κ1) is 9.13. The zero-order valence-electron chi connectivity index (χ0n) is 7.45. The van der Waals surface area contributed by atoms with Gasteiger partial charge in [0, 0.05) is 24.5 Å². The van der Waals surface area contributed by atoms with Crippen LogP contribution in [0.25, 0.3) is 0 Å². The minimum atomic E-state index is 0.876. The van der Waals surface area contributed by atoms with Crippen LogP contribution in [0.15, 0.2) is 18.7 Å². The smallest absolute Gasteiger partial charge is 0.115 e. The van der Waals surface area contributed by atoms with Crippen molar-refractivity contribution in [2.75, 3.05) is 6.54 Å². The zero-order valence-corrected chi connectivity index (χ0v) is 7.45. The zero-order chi connectivity index (χ0) is 8.65. The van der Waals surface area contributed by atoms with Crippen LogP contribution < -0.4 is 5.32 Å². The minimum absolute atomic E-state index is 0.876. The highest BCUT2D eigenvalue weighted by Crippen LogP contribution is 1.91. The Morgan fingerprint density at radius 3 is 2.75 bits per heavy atom. The Labute approximate surface area is 73.2 Å². The van der Waals surface area contributed by atoms with Gasteiger partial charge in [-0.1, -0.05) is 13.3 Å². The molecule has 0 aliphatic heterocycles. The molecule has 0 aliphatic carbocycles. The van der Waals surface area contributed by atoms with Crippen molar-refractivity contribution in [1.29, 1.82) is 0 Å². The summed E-state index contributed by atoms with van der Waals surface area (Å²) >= 11 is 0. The number of nitrogens with one attached hydrogen (secondary N) is 1. The summed E-state index contributed by atoms with van der Waals surface area (Å²) in [6, 6.07) is 0. The van der Waals surface area contributed by atoms with Crippen molar-refractivity contribution in [3.63, 3.8) is 0 Å². The molecule has 0 aliphatic rings. The van der Waals surface area contributed by atoms with E-state index < -0.39 is 0 Å². The van der Waals surface area contributed by atoms with Crippen LogP contribution in [0.4, 0.5) is 0 Å². The summed E-state index contributed by atoms with van der Waals surface area (Å²) in [6.07, 6.45) is 7.69. The monoisotopic (exact) mass is 165 g/mol. The Morgan fingerprint density at radius 2 is 2.08 bits per heavy atom. The highest BCUT2D eigenvalue weighted by molar-refractivity contribution is 5.01. The largest absolute Gasteiger partial charge is 0.313 e. The molecule has 3 nitrogen and oxygen atoms in total. The molecule has 3 heteroatoms. The maximum Gasteiger partial charge on any atom is 0.115 e. The number of hydrogen-bond acceptors (Lipinski definition) is 3. The third-order valence-corrected chi connectivity index (χ3v) is 1.65. The molecule has 0 saturated carbocycles. The third kappa shape index (κ3) is 3.44. The van der Waals surface area contributed by atoms with Gasteiger partial charge in [-0.25, -0.2) is 9.97 Å². The molecule has 1 heterocycles. The Morgan fingerprint density at radius 1 is 1.33 bits per heavy atom. The maximum absolute atomic E-state index is 3.93. The summed E-state index contributed by atoms with van der Waals surface area (Å²) in [5, 5.41) is 3.32. The molecular weight excluding hydrogens is 150 g/mol. The molecule has 66 valence electrons. The van der Waals surface area contributed by atoms with E-state index in [1.165, 1.54) is 12.8 Å². The summed E-state index contributed by atoms with van der Waals surface area (Å²) in [4.78, 5) is 7.86. The molecule has 0 spiro atoms. The van der Waals surface area contributed by atoms with Gasteiger partial charge in [0.15, 0.2) is 0 Å². The average molecular weight is 165 g/mol. The van der Waals surface area contributed by atoms with Gasteiger partial charge in [0.05, 0.1) is 0 Å². The summed E-state index contributed by atoms with van der Waals surface area (Å²) in [7, 11) is 0. The lowest BCUT2D eigenvalue weighted by Crippen LogP contribution is -2.14. The molecule has 0 aromatic carbocycles. The lowest BCUT2D eigenvalue weighted by molar-refractivity contribution is 0.639. The molecule has 0 radical (unpaired) electrons. The minimum Gasteiger partial charge on any atom is -0.313 e. The van der Waals surface area contributed by atoms with E-state index in [2.05, 4.69) is 22.2 Å². The van der Waals surface area contributed by atoms with Gasteiger partial charge in [0.25, 0.3) is 0 Å². The Hall–Kier alpha value is -0.960. The van der Waals surface area contributed by atoms with Crippen molar-refractivity contribution in [1.82, 2.24) is 15.3 Å². The summed E-state index contributed by atoms with van der Waals surface area (Å²) in [5.41, 5.74) is 1.15. The van der Waals surface area contributed by atoms with Crippen LogP contribution in [-0.2, 0) is 6.54 Å². The molecule has 0 fully saturated rings. The van der Waals surface area contributed by atoms with Gasteiger partial charge in [-0.15, -0.1) is 0 Å². The summed E-state index contributed by atoms with van der Waals surface area (Å²) in [6.45, 7) is 4.14. The molecular formula is C9H15N3. The molecule has 0 bridgehead atoms. The molecule has 0 amide bonds. The Bertz CT molecular complexity index is 198. The second-order valence-corrected chi connectivity index (χ2v) is 2.78. The average Bonchev–Trinajstić information content (AvgIpc) is 2.14. The van der Waals surface area contributed by atoms with Gasteiger partial charge in [-0.05, 0) is 13.0 Å². The standard InChI is InChI=1S/C9H15N3/c1-2-3-4-10-5-9-6-11-8-12-7-9/h6-8,10H,2-5H2,1H3. The van der Waals surface area contributed by atoms with Crippen LogP contribution in [0.2, 0.25) is 0 Å². The maximum atomic E-state index is 3.93. The van der Waals surface area contributed by atoms with Crippen LogP contribution in [-0.4, -0.2) is 16.5 Å². The van der Waals surface area contributed by atoms with E-state index in [0.717, 1.165) is 18.7 Å². The normalized spacial score (nSPS) is 10.1. The molecule has 0 unspecified atom stereocenters. The van der Waals surface area contributed by atoms with E-state index in [1.807, 2.05) is 12.4 Å². The van der Waals surface area contributed by atoms with Crippen LogP contribution in [0.1, 0.15) is 25.3 Å². The van der Waals surface area contributed by atoms with E-state index in [4.69, 9.17) is 0 Å². The fraction of sp³-hybridized carbons (Fsp3) is 0.556. The van der Waals surface area contributed by atoms with Gasteiger partial charge in [-0.2, -0.15) is 0 Å². The highest BCUT2D eigenvalue weighted by atomic mass is 14.9. The van der Waals surface area contributed by atoms with E-state index in [9.17, 15) is 0 Å². The van der Waals surface area contributed by atoms with Gasteiger partial charge >= 0.3 is 0 Å². The number of hydrogen-bond donors (Lipinski definition) is 1. The van der Waals surface area contributed by atoms with Crippen LogP contribution >= 0.6 is 0 Å². The number of unbranched alkanes of at least 4 members (excludes halogenated alkanes) is 1. The van der Waals surface area contributed by atoms with Crippen molar-refractivity contribution in [2.45, 2.75) is 26.3 Å². The van der Waals surface area contributed by atoms with Crippen molar-refractivity contribution >= 4 is 0 Å². The molecule has 0 atom stereocenters. The van der Waals surface area contributed by atoms with Crippen molar-refractivity contribution in [3.8, 4) is 0 Å². The van der Waals surface area contributed by atoms with Gasteiger partial charge in [0.1, 0.15) is 6.33 Å². The van der Waals surface area contributed by atoms with Gasteiger partial charge < -0.3 is 5.32 Å². The lowest BCUT2D eigenvalue weighted by Gasteiger charge is -2.01. The first-order chi connectivity index (χ1) is 5.93. The second kappa shape index (κ2) is 5.66. The number of rotatable bonds is 5. The van der Waals surface area contributed by atoms with Crippen LogP contribution in [0.5, 0.6) is 0 Å². The molecule has 0 saturated heterocycles. The lowest BCUT2D eigenvalue weighted by atomic mass is 10.3. The van der Waals surface area contributed by atoms with Crippen LogP contribution in [0.3, 0.4) is 0 Å². The Balaban J connectivity index is 2.16. The van der Waals surface area contributed by atoms with Crippen molar-refractivity contribution < 1.29 is 0 Å². The van der Waals surface area contributed by atoms with Gasteiger partial charge in [0.2, 0.25) is 0 Å². The Kier molecular flexibility index (Phi) is 4.31. The van der Waals surface area contributed by atoms with E-state index in [-0.39, 0.29) is 0 Å². The highest BCUT2D eigenvalue weighted by Gasteiger charge is 1.90. The molecule has 1 N–H and O–H groups in total. The predicted molar refractivity (Wildman–Crippen MR) is 48.6 cm³/mol. The van der Waals surface area contributed by atoms with Crippen LogP contribution in [0, 0.1) is 0 Å². The summed E-state index contributed by atoms with van der Waals surface area (Å²) in [5.74, 6) is 0. The second-order valence-electron chi connectivity index (χ2n) is 2.78. The van der Waals surface area contributed by atoms with Gasteiger partial charge in [-0.3, -0.25) is 0 Å². The summed E-state index contributed by atoms with van der Waals surface area (Å²) < 4.78 is 0. The SMILES string of the molecule is CCCCNCc1cncnc1. The van der Waals surface area contributed by atoms with E-state index >= 15 is 0 Å². The molecule has 1 aromatic rings. The predicted octanol–water partition coefficient (Wildman–Crippen LogP) is 1.37. The molecule has 12 heavy (non-hydrogen) atoms. The fourth-order valence-corrected chi connectivity index (χ4v) is 0.956. The third-order valence-electron chi connectivity index (χ3n) is 1.65. The number of aromatic nitrogens is 2. The van der Waals surface area contributed by atoms with E-state index in [1.54, 1.807) is 6.33 Å². The van der Waals surface area contributed by atoms with Crippen molar-refractivity contribution in [2.24, 2.45) is 0 Å². The quantitative estimate of drug-likeness (QED) is 0.669.